The zero-order valence-electron chi connectivity index (χ0n) is 16.4. The highest BCUT2D eigenvalue weighted by Crippen LogP contribution is 2.31. The number of carbonyl (C=O) groups is 1. The molecule has 0 fully saturated rings. The summed E-state index contributed by atoms with van der Waals surface area (Å²) in [6.45, 7) is 0. The van der Waals surface area contributed by atoms with Crippen LogP contribution >= 0.6 is 11.8 Å². The molecule has 0 spiro atoms. The molecule has 152 valence electrons. The number of fused-ring (bicyclic) bond motifs is 1. The van der Waals surface area contributed by atoms with Crippen LogP contribution in [-0.4, -0.2) is 40.3 Å². The minimum atomic E-state index is -0.272. The lowest BCUT2D eigenvalue weighted by atomic mass is 10.1. The first-order chi connectivity index (χ1) is 14.7. The summed E-state index contributed by atoms with van der Waals surface area (Å²) in [7, 11) is 3.05. The Morgan fingerprint density at radius 3 is 2.83 bits per heavy atom. The number of methoxy groups -OCH3 is 2. The second-order valence-electron chi connectivity index (χ2n) is 6.30. The minimum absolute atomic E-state index is 0.272. The molecule has 2 heterocycles. The molecular formula is C21H19N5O3S. The highest BCUT2D eigenvalue weighted by molar-refractivity contribution is 7.98. The Labute approximate surface area is 177 Å². The molecule has 0 aliphatic carbocycles. The highest BCUT2D eigenvalue weighted by Gasteiger charge is 2.16. The lowest BCUT2D eigenvalue weighted by Crippen LogP contribution is -2.13. The van der Waals surface area contributed by atoms with Crippen LogP contribution in [0.3, 0.4) is 0 Å². The highest BCUT2D eigenvalue weighted by atomic mass is 32.2. The van der Waals surface area contributed by atoms with Crippen LogP contribution in [0, 0.1) is 0 Å². The molecule has 0 bridgehead atoms. The van der Waals surface area contributed by atoms with Gasteiger partial charge in [-0.3, -0.25) is 9.89 Å². The van der Waals surface area contributed by atoms with Crippen molar-refractivity contribution in [2.24, 2.45) is 0 Å². The summed E-state index contributed by atoms with van der Waals surface area (Å²) in [5, 5.41) is 11.5. The zero-order valence-corrected chi connectivity index (χ0v) is 17.2. The topological polar surface area (TPSA) is 102 Å². The third kappa shape index (κ3) is 4.06. The van der Waals surface area contributed by atoms with Gasteiger partial charge in [0.05, 0.1) is 31.4 Å². The SMILES string of the molecule is COc1cccc(C(=O)Nc2cccc(CSc3ncnc4[nH]ncc34)c2)c1OC. The van der Waals surface area contributed by atoms with Crippen LogP contribution in [0.15, 0.2) is 60.0 Å². The maximum absolute atomic E-state index is 12.8. The molecule has 0 saturated carbocycles. The van der Waals surface area contributed by atoms with Gasteiger partial charge in [-0.05, 0) is 29.8 Å². The maximum atomic E-state index is 12.8. The minimum Gasteiger partial charge on any atom is -0.493 e. The van der Waals surface area contributed by atoms with E-state index in [1.807, 2.05) is 24.3 Å². The first-order valence-electron chi connectivity index (χ1n) is 9.07. The number of aromatic nitrogens is 4. The van der Waals surface area contributed by atoms with Crippen LogP contribution in [0.5, 0.6) is 11.5 Å². The number of para-hydroxylation sites is 1. The number of thioether (sulfide) groups is 1. The second kappa shape index (κ2) is 8.83. The number of H-pyrrole nitrogens is 1. The Morgan fingerprint density at radius 2 is 2.00 bits per heavy atom. The van der Waals surface area contributed by atoms with Crippen molar-refractivity contribution < 1.29 is 14.3 Å². The Balaban J connectivity index is 1.49. The maximum Gasteiger partial charge on any atom is 0.259 e. The zero-order chi connectivity index (χ0) is 20.9. The van der Waals surface area contributed by atoms with E-state index in [0.717, 1.165) is 16.0 Å². The van der Waals surface area contributed by atoms with Crippen LogP contribution in [0.25, 0.3) is 11.0 Å². The molecule has 0 aliphatic heterocycles. The largest absolute Gasteiger partial charge is 0.493 e. The standard InChI is InChI=1S/C21H19N5O3S/c1-28-17-8-4-7-15(18(17)29-2)20(27)25-14-6-3-5-13(9-14)11-30-21-16-10-24-26-19(16)22-12-23-21/h3-10,12H,11H2,1-2H3,(H,25,27)(H,22,23,24,26). The Bertz CT molecular complexity index is 1190. The molecule has 30 heavy (non-hydrogen) atoms. The number of amides is 1. The number of nitrogens with zero attached hydrogens (tertiary/aromatic N) is 3. The molecule has 2 aromatic heterocycles. The van der Waals surface area contributed by atoms with E-state index < -0.39 is 0 Å². The number of nitrogens with one attached hydrogen (secondary N) is 2. The van der Waals surface area contributed by atoms with Gasteiger partial charge < -0.3 is 14.8 Å². The number of aromatic amines is 1. The third-order valence-corrected chi connectivity index (χ3v) is 5.50. The van der Waals surface area contributed by atoms with Gasteiger partial charge in [0.1, 0.15) is 11.4 Å². The molecule has 2 N–H and O–H groups in total. The van der Waals surface area contributed by atoms with Crippen LogP contribution in [0.4, 0.5) is 5.69 Å². The number of hydrogen-bond donors (Lipinski definition) is 2. The fraction of sp³-hybridized carbons (Fsp3) is 0.143. The van der Waals surface area contributed by atoms with Crippen molar-refractivity contribution in [2.75, 3.05) is 19.5 Å². The van der Waals surface area contributed by atoms with Crippen LogP contribution < -0.4 is 14.8 Å². The predicted molar refractivity (Wildman–Crippen MR) is 115 cm³/mol. The van der Waals surface area contributed by atoms with E-state index in [-0.39, 0.29) is 5.91 Å². The molecule has 0 atom stereocenters. The predicted octanol–water partition coefficient (Wildman–Crippen LogP) is 3.91. The van der Waals surface area contributed by atoms with Gasteiger partial charge >= 0.3 is 0 Å². The summed E-state index contributed by atoms with van der Waals surface area (Å²) in [6, 6.07) is 12.9. The summed E-state index contributed by atoms with van der Waals surface area (Å²) >= 11 is 1.58. The monoisotopic (exact) mass is 421 g/mol. The Morgan fingerprint density at radius 1 is 1.13 bits per heavy atom. The number of rotatable bonds is 7. The molecule has 8 nitrogen and oxygen atoms in total. The quantitative estimate of drug-likeness (QED) is 0.344. The van der Waals surface area contributed by atoms with Crippen molar-refractivity contribution in [1.82, 2.24) is 20.2 Å². The van der Waals surface area contributed by atoms with Crippen molar-refractivity contribution >= 4 is 34.4 Å². The van der Waals surface area contributed by atoms with Crippen molar-refractivity contribution in [3.05, 3.63) is 66.1 Å². The number of hydrogen-bond acceptors (Lipinski definition) is 7. The molecule has 4 aromatic rings. The summed E-state index contributed by atoms with van der Waals surface area (Å²) in [6.07, 6.45) is 3.23. The lowest BCUT2D eigenvalue weighted by Gasteiger charge is -2.13. The van der Waals surface area contributed by atoms with Gasteiger partial charge in [-0.2, -0.15) is 5.10 Å². The fourth-order valence-electron chi connectivity index (χ4n) is 3.01. The van der Waals surface area contributed by atoms with Gasteiger partial charge in [-0.15, -0.1) is 11.8 Å². The number of benzene rings is 2. The van der Waals surface area contributed by atoms with Gasteiger partial charge in [0.2, 0.25) is 0 Å². The molecule has 0 radical (unpaired) electrons. The van der Waals surface area contributed by atoms with Crippen LogP contribution in [0.2, 0.25) is 0 Å². The van der Waals surface area contributed by atoms with Crippen molar-refractivity contribution in [3.63, 3.8) is 0 Å². The Kier molecular flexibility index (Phi) is 5.80. The van der Waals surface area contributed by atoms with Crippen molar-refractivity contribution in [2.45, 2.75) is 10.8 Å². The van der Waals surface area contributed by atoms with E-state index in [1.165, 1.54) is 20.5 Å². The average molecular weight is 421 g/mol. The molecule has 0 aliphatic rings. The van der Waals surface area contributed by atoms with Crippen LogP contribution in [0.1, 0.15) is 15.9 Å². The van der Waals surface area contributed by atoms with Gasteiger partial charge in [0.25, 0.3) is 5.91 Å². The van der Waals surface area contributed by atoms with E-state index in [2.05, 4.69) is 25.5 Å². The van der Waals surface area contributed by atoms with E-state index in [0.29, 0.717) is 34.1 Å². The number of anilines is 1. The van der Waals surface area contributed by atoms with Crippen molar-refractivity contribution in [3.8, 4) is 11.5 Å². The fourth-order valence-corrected chi connectivity index (χ4v) is 3.92. The van der Waals surface area contributed by atoms with Gasteiger partial charge in [-0.25, -0.2) is 9.97 Å². The van der Waals surface area contributed by atoms with Gasteiger partial charge in [0.15, 0.2) is 17.1 Å². The molecule has 4 rings (SSSR count). The lowest BCUT2D eigenvalue weighted by molar-refractivity contribution is 0.102. The summed E-state index contributed by atoms with van der Waals surface area (Å²) in [5.74, 6) is 1.32. The third-order valence-electron chi connectivity index (χ3n) is 4.42. The molecule has 2 aromatic carbocycles. The smallest absolute Gasteiger partial charge is 0.259 e. The normalized spacial score (nSPS) is 10.7. The molecular weight excluding hydrogens is 402 g/mol. The van der Waals surface area contributed by atoms with E-state index in [1.54, 1.807) is 36.2 Å². The number of carbonyl (C=O) groups excluding carboxylic acids is 1. The molecule has 9 heteroatoms. The van der Waals surface area contributed by atoms with E-state index in [4.69, 9.17) is 9.47 Å². The summed E-state index contributed by atoms with van der Waals surface area (Å²) in [5.41, 5.74) is 2.85. The summed E-state index contributed by atoms with van der Waals surface area (Å²) in [4.78, 5) is 21.3. The first kappa shape index (κ1) is 19.7. The number of ether oxygens (including phenoxy) is 2. The average Bonchev–Trinajstić information content (AvgIpc) is 3.26. The first-order valence-corrected chi connectivity index (χ1v) is 10.1. The molecule has 0 unspecified atom stereocenters. The van der Waals surface area contributed by atoms with E-state index >= 15 is 0 Å². The Hall–Kier alpha value is -3.59. The molecule has 0 saturated heterocycles. The van der Waals surface area contributed by atoms with E-state index in [9.17, 15) is 4.79 Å². The summed E-state index contributed by atoms with van der Waals surface area (Å²) < 4.78 is 10.6. The molecule has 1 amide bonds. The van der Waals surface area contributed by atoms with Gasteiger partial charge in [0, 0.05) is 11.4 Å². The second-order valence-corrected chi connectivity index (χ2v) is 7.26. The van der Waals surface area contributed by atoms with Crippen LogP contribution in [-0.2, 0) is 5.75 Å². The van der Waals surface area contributed by atoms with Gasteiger partial charge in [-0.1, -0.05) is 18.2 Å². The van der Waals surface area contributed by atoms with Crippen molar-refractivity contribution in [1.29, 1.82) is 0 Å².